The molecule has 1 fully saturated rings. The van der Waals surface area contributed by atoms with Gasteiger partial charge in [-0.25, -0.2) is 0 Å². The number of hydrogen-bond donors (Lipinski definition) is 0. The second-order valence-electron chi connectivity index (χ2n) is 2.84. The molecule has 1 saturated heterocycles. The smallest absolute Gasteiger partial charge is 0.312 e. The zero-order valence-electron chi connectivity index (χ0n) is 7.32. The first-order valence-corrected chi connectivity index (χ1v) is 5.67. The van der Waals surface area contributed by atoms with E-state index in [1.807, 2.05) is 6.92 Å². The molecule has 1 aliphatic rings. The Morgan fingerprint density at radius 2 is 2.50 bits per heavy atom. The highest BCUT2D eigenvalue weighted by atomic mass is 31.2. The maximum atomic E-state index is 11.6. The molecule has 0 aromatic carbocycles. The van der Waals surface area contributed by atoms with Gasteiger partial charge < -0.3 is 4.52 Å². The fourth-order valence-electron chi connectivity index (χ4n) is 1.31. The summed E-state index contributed by atoms with van der Waals surface area (Å²) in [7, 11) is -1.44. The molecule has 0 saturated carbocycles. The van der Waals surface area contributed by atoms with Gasteiger partial charge in [-0.05, 0) is 6.42 Å². The molecule has 0 radical (unpaired) electrons. The van der Waals surface area contributed by atoms with Crippen LogP contribution in [0.4, 0.5) is 0 Å². The Morgan fingerprint density at radius 3 is 2.83 bits per heavy atom. The average molecular weight is 188 g/mol. The summed E-state index contributed by atoms with van der Waals surface area (Å²) in [5, 5.41) is 0. The summed E-state index contributed by atoms with van der Waals surface area (Å²) in [6, 6.07) is 0. The van der Waals surface area contributed by atoms with Crippen LogP contribution < -0.4 is 0 Å². The molecule has 1 rings (SSSR count). The molecule has 3 nitrogen and oxygen atoms in total. The van der Waals surface area contributed by atoms with E-state index in [9.17, 15) is 4.57 Å². The molecule has 68 valence electrons. The zero-order valence-corrected chi connectivity index (χ0v) is 8.21. The summed E-state index contributed by atoms with van der Waals surface area (Å²) >= 11 is 0. The van der Waals surface area contributed by atoms with E-state index in [2.05, 4.69) is 5.92 Å². The van der Waals surface area contributed by atoms with Gasteiger partial charge in [0.05, 0.1) is 6.16 Å². The summed E-state index contributed by atoms with van der Waals surface area (Å²) in [5.41, 5.74) is 0. The minimum absolute atomic E-state index is 0.181. The van der Waals surface area contributed by atoms with Crippen LogP contribution in [0.3, 0.4) is 0 Å². The van der Waals surface area contributed by atoms with Crippen molar-refractivity contribution in [3.8, 4) is 12.3 Å². The van der Waals surface area contributed by atoms with E-state index in [0.29, 0.717) is 6.16 Å². The maximum Gasteiger partial charge on any atom is 0.332 e. The highest BCUT2D eigenvalue weighted by molar-refractivity contribution is 7.54. The summed E-state index contributed by atoms with van der Waals surface area (Å²) in [5.74, 6) is 2.66. The average Bonchev–Trinajstić information content (AvgIpc) is 2.43. The van der Waals surface area contributed by atoms with Crippen molar-refractivity contribution in [2.45, 2.75) is 19.4 Å². The summed E-state index contributed by atoms with van der Waals surface area (Å²) in [6.07, 6.45) is 6.22. The first-order valence-electron chi connectivity index (χ1n) is 3.94. The van der Waals surface area contributed by atoms with Crippen molar-refractivity contribution in [2.24, 2.45) is 5.92 Å². The Hall–Kier alpha value is -0.290. The molecule has 4 heteroatoms. The minimum Gasteiger partial charge on any atom is -0.312 e. The second kappa shape index (κ2) is 3.62. The van der Waals surface area contributed by atoms with Crippen molar-refractivity contribution in [1.29, 1.82) is 0 Å². The van der Waals surface area contributed by atoms with Gasteiger partial charge >= 0.3 is 7.60 Å². The van der Waals surface area contributed by atoms with E-state index < -0.39 is 7.60 Å². The van der Waals surface area contributed by atoms with Crippen LogP contribution in [-0.4, -0.2) is 19.4 Å². The Bertz CT molecular complexity index is 243. The largest absolute Gasteiger partial charge is 0.332 e. The van der Waals surface area contributed by atoms with Crippen molar-refractivity contribution >= 4 is 7.60 Å². The van der Waals surface area contributed by atoms with Gasteiger partial charge in [-0.15, -0.1) is 6.42 Å². The van der Waals surface area contributed by atoms with E-state index in [-0.39, 0.29) is 12.0 Å². The fourth-order valence-corrected chi connectivity index (χ4v) is 3.24. The lowest BCUT2D eigenvalue weighted by molar-refractivity contribution is 0.204. The predicted molar refractivity (Wildman–Crippen MR) is 47.0 cm³/mol. The summed E-state index contributed by atoms with van der Waals surface area (Å²) < 4.78 is 21.5. The van der Waals surface area contributed by atoms with Gasteiger partial charge in [0.2, 0.25) is 0 Å². The van der Waals surface area contributed by atoms with Gasteiger partial charge in [0, 0.05) is 13.0 Å². The molecule has 0 amide bonds. The summed E-state index contributed by atoms with van der Waals surface area (Å²) in [4.78, 5) is 0. The molecule has 0 bridgehead atoms. The lowest BCUT2D eigenvalue weighted by Crippen LogP contribution is -2.13. The van der Waals surface area contributed by atoms with Crippen molar-refractivity contribution < 1.29 is 13.6 Å². The Balaban J connectivity index is 2.73. The topological polar surface area (TPSA) is 35.5 Å². The van der Waals surface area contributed by atoms with Crippen LogP contribution in [0.5, 0.6) is 0 Å². The van der Waals surface area contributed by atoms with Gasteiger partial charge in [-0.1, -0.05) is 12.8 Å². The highest BCUT2D eigenvalue weighted by Crippen LogP contribution is 2.57. The Morgan fingerprint density at radius 1 is 1.83 bits per heavy atom. The van der Waals surface area contributed by atoms with Crippen LogP contribution in [0.25, 0.3) is 0 Å². The van der Waals surface area contributed by atoms with Gasteiger partial charge in [0.1, 0.15) is 6.10 Å². The molecular weight excluding hydrogens is 175 g/mol. The third-order valence-corrected chi connectivity index (χ3v) is 4.15. The molecule has 0 aromatic heterocycles. The van der Waals surface area contributed by atoms with Gasteiger partial charge in [0.15, 0.2) is 0 Å². The van der Waals surface area contributed by atoms with Gasteiger partial charge in [0.25, 0.3) is 0 Å². The SMILES string of the molecule is C#CC1OP(=O)(OC)CC1CC. The van der Waals surface area contributed by atoms with Gasteiger partial charge in [-0.3, -0.25) is 9.09 Å². The van der Waals surface area contributed by atoms with Crippen LogP contribution in [0.1, 0.15) is 13.3 Å². The normalized spacial score (nSPS) is 41.1. The van der Waals surface area contributed by atoms with E-state index in [1.54, 1.807) is 0 Å². The van der Waals surface area contributed by atoms with Crippen LogP contribution in [0.15, 0.2) is 0 Å². The minimum atomic E-state index is -2.84. The fraction of sp³-hybridized carbons (Fsp3) is 0.750. The van der Waals surface area contributed by atoms with E-state index in [4.69, 9.17) is 15.5 Å². The Labute approximate surface area is 73.0 Å². The maximum absolute atomic E-state index is 11.6. The molecule has 0 spiro atoms. The quantitative estimate of drug-likeness (QED) is 0.490. The molecule has 1 aliphatic heterocycles. The second-order valence-corrected chi connectivity index (χ2v) is 5.00. The molecule has 0 aromatic rings. The number of terminal acetylenes is 1. The molecular formula is C8H13O3P. The number of hydrogen-bond acceptors (Lipinski definition) is 3. The monoisotopic (exact) mass is 188 g/mol. The van der Waals surface area contributed by atoms with Gasteiger partial charge in [-0.2, -0.15) is 0 Å². The molecule has 3 unspecified atom stereocenters. The summed E-state index contributed by atoms with van der Waals surface area (Å²) in [6.45, 7) is 2.00. The van der Waals surface area contributed by atoms with Crippen molar-refractivity contribution in [3.05, 3.63) is 0 Å². The zero-order chi connectivity index (χ0) is 9.19. The van der Waals surface area contributed by atoms with E-state index in [1.165, 1.54) is 7.11 Å². The Kier molecular flexibility index (Phi) is 2.95. The first kappa shape index (κ1) is 9.80. The van der Waals surface area contributed by atoms with E-state index >= 15 is 0 Å². The lowest BCUT2D eigenvalue weighted by Gasteiger charge is -2.07. The third kappa shape index (κ3) is 1.72. The lowest BCUT2D eigenvalue weighted by atomic mass is 10.0. The molecule has 0 aliphatic carbocycles. The predicted octanol–water partition coefficient (Wildman–Crippen LogP) is 1.88. The third-order valence-electron chi connectivity index (χ3n) is 2.13. The van der Waals surface area contributed by atoms with Crippen molar-refractivity contribution in [3.63, 3.8) is 0 Å². The van der Waals surface area contributed by atoms with Crippen molar-refractivity contribution in [2.75, 3.05) is 13.3 Å². The van der Waals surface area contributed by atoms with E-state index in [0.717, 1.165) is 6.42 Å². The highest BCUT2D eigenvalue weighted by Gasteiger charge is 2.41. The molecule has 1 heterocycles. The molecule has 3 atom stereocenters. The number of rotatable bonds is 2. The van der Waals surface area contributed by atoms with Crippen LogP contribution in [-0.2, 0) is 13.6 Å². The van der Waals surface area contributed by atoms with Crippen LogP contribution in [0, 0.1) is 18.3 Å². The molecule has 12 heavy (non-hydrogen) atoms. The first-order chi connectivity index (χ1) is 5.65. The molecule has 0 N–H and O–H groups in total. The standard InChI is InChI=1S/C8H13O3P/c1-4-7-6-12(9,10-3)11-8(7)5-2/h2,7-8H,4,6H2,1,3H3. The van der Waals surface area contributed by atoms with Crippen LogP contribution in [0.2, 0.25) is 0 Å². The van der Waals surface area contributed by atoms with Crippen LogP contribution >= 0.6 is 7.60 Å². The van der Waals surface area contributed by atoms with Crippen molar-refractivity contribution in [1.82, 2.24) is 0 Å².